The van der Waals surface area contributed by atoms with E-state index < -0.39 is 12.1 Å². The molecule has 6 nitrogen and oxygen atoms in total. The first-order valence-corrected chi connectivity index (χ1v) is 34.9. The first-order valence-electron chi connectivity index (χ1n) is 34.9. The van der Waals surface area contributed by atoms with Gasteiger partial charge in [-0.25, -0.2) is 0 Å². The third-order valence-corrected chi connectivity index (χ3v) is 16.1. The predicted molar refractivity (Wildman–Crippen MR) is 342 cm³/mol. The molecule has 2 unspecified atom stereocenters. The molecule has 0 bridgehead atoms. The largest absolute Gasteiger partial charge is 0.466 e. The van der Waals surface area contributed by atoms with E-state index >= 15 is 0 Å². The number of esters is 1. The van der Waals surface area contributed by atoms with Crippen LogP contribution >= 0.6 is 0 Å². The molecule has 0 spiro atoms. The molecule has 0 saturated heterocycles. The molecule has 1 amide bonds. The summed E-state index contributed by atoms with van der Waals surface area (Å²) >= 11 is 0. The van der Waals surface area contributed by atoms with Crippen LogP contribution in [0.25, 0.3) is 0 Å². The molecule has 0 aliphatic rings. The van der Waals surface area contributed by atoms with E-state index in [2.05, 4.69) is 55.6 Å². The molecule has 3 N–H and O–H groups in total. The number of carbonyl (C=O) groups excluding carboxylic acids is 2. The van der Waals surface area contributed by atoms with Crippen molar-refractivity contribution < 1.29 is 24.5 Å². The normalized spacial score (nSPS) is 12.8. The van der Waals surface area contributed by atoms with Crippen LogP contribution in [0.4, 0.5) is 0 Å². The zero-order valence-electron chi connectivity index (χ0n) is 52.4. The summed E-state index contributed by atoms with van der Waals surface area (Å²) in [6, 6.07) is -0.627. The highest BCUT2D eigenvalue weighted by Gasteiger charge is 2.18. The minimum absolute atomic E-state index is 0.0124. The van der Waals surface area contributed by atoms with Gasteiger partial charge >= 0.3 is 5.97 Å². The third kappa shape index (κ3) is 63.0. The lowest BCUT2D eigenvalue weighted by Gasteiger charge is -2.20. The Morgan fingerprint density at radius 1 is 0.359 bits per heavy atom. The number of aliphatic hydroxyl groups is 2. The minimum atomic E-state index is -0.843. The van der Waals surface area contributed by atoms with E-state index in [-0.39, 0.29) is 18.5 Å². The fourth-order valence-electron chi connectivity index (χ4n) is 10.7. The summed E-state index contributed by atoms with van der Waals surface area (Å²) in [7, 11) is 0. The van der Waals surface area contributed by atoms with E-state index in [1.807, 2.05) is 6.08 Å². The minimum Gasteiger partial charge on any atom is -0.466 e. The number of nitrogens with one attached hydrogen (secondary N) is 1. The molecular weight excluding hydrogens is 959 g/mol. The number of unbranched alkanes of at least 4 members (excludes halogenated alkanes) is 48. The molecule has 2 atom stereocenters. The van der Waals surface area contributed by atoms with E-state index in [0.717, 1.165) is 51.4 Å². The SMILES string of the molecule is CCCCC/C=C\C/C=C\CCCCCCCCCCCC(=O)OCCCCCCCCCCCCCC/C=C\CCCCCCCCCCCCCCCC(=O)NC(CO)C(O)/C=C/CCCCCCCCCCCCC. The first-order chi connectivity index (χ1) is 38.5. The van der Waals surface area contributed by atoms with Gasteiger partial charge in [0.25, 0.3) is 0 Å². The lowest BCUT2D eigenvalue weighted by atomic mass is 10.0. The van der Waals surface area contributed by atoms with Crippen LogP contribution in [-0.2, 0) is 14.3 Å². The maximum absolute atomic E-state index is 12.5. The molecule has 0 heterocycles. The highest BCUT2D eigenvalue weighted by Crippen LogP contribution is 2.18. The summed E-state index contributed by atoms with van der Waals surface area (Å²) in [5, 5.41) is 23.1. The van der Waals surface area contributed by atoms with Crippen LogP contribution in [0.2, 0.25) is 0 Å². The molecule has 458 valence electrons. The van der Waals surface area contributed by atoms with Crippen molar-refractivity contribution in [3.63, 3.8) is 0 Å². The number of rotatable bonds is 65. The number of hydrogen-bond donors (Lipinski definition) is 3. The van der Waals surface area contributed by atoms with Gasteiger partial charge in [-0.1, -0.05) is 319 Å². The van der Waals surface area contributed by atoms with E-state index in [0.29, 0.717) is 19.4 Å². The van der Waals surface area contributed by atoms with E-state index in [1.54, 1.807) is 6.08 Å². The fourth-order valence-corrected chi connectivity index (χ4v) is 10.7. The van der Waals surface area contributed by atoms with Crippen LogP contribution in [0.1, 0.15) is 373 Å². The molecule has 0 aliphatic carbocycles. The number of hydrogen-bond acceptors (Lipinski definition) is 5. The molecule has 0 radical (unpaired) electrons. The van der Waals surface area contributed by atoms with Crippen molar-refractivity contribution in [1.29, 1.82) is 0 Å². The number of amides is 1. The molecule has 0 rings (SSSR count). The Hall–Kier alpha value is -2.18. The van der Waals surface area contributed by atoms with Crippen LogP contribution in [-0.4, -0.2) is 47.4 Å². The number of carbonyl (C=O) groups is 2. The van der Waals surface area contributed by atoms with Crippen LogP contribution in [0.15, 0.2) is 48.6 Å². The lowest BCUT2D eigenvalue weighted by Crippen LogP contribution is -2.45. The molecule has 0 aromatic carbocycles. The van der Waals surface area contributed by atoms with Crippen LogP contribution in [0.5, 0.6) is 0 Å². The smallest absolute Gasteiger partial charge is 0.305 e. The summed E-state index contributed by atoms with van der Waals surface area (Å²) in [4.78, 5) is 24.6. The maximum Gasteiger partial charge on any atom is 0.305 e. The van der Waals surface area contributed by atoms with Gasteiger partial charge in [-0.05, 0) is 89.9 Å². The van der Waals surface area contributed by atoms with Gasteiger partial charge in [0, 0.05) is 12.8 Å². The summed E-state index contributed by atoms with van der Waals surface area (Å²) in [6.07, 6.45) is 87.6. The second-order valence-electron chi connectivity index (χ2n) is 23.9. The van der Waals surface area contributed by atoms with Crippen molar-refractivity contribution in [1.82, 2.24) is 5.32 Å². The van der Waals surface area contributed by atoms with Gasteiger partial charge in [0.05, 0.1) is 25.4 Å². The van der Waals surface area contributed by atoms with Crippen molar-refractivity contribution >= 4 is 11.9 Å². The summed E-state index contributed by atoms with van der Waals surface area (Å²) in [5.41, 5.74) is 0. The highest BCUT2D eigenvalue weighted by molar-refractivity contribution is 5.76. The molecule has 6 heteroatoms. The van der Waals surface area contributed by atoms with Gasteiger partial charge in [-0.2, -0.15) is 0 Å². The van der Waals surface area contributed by atoms with Crippen molar-refractivity contribution in [2.75, 3.05) is 13.2 Å². The number of ether oxygens (including phenoxy) is 1. The first kappa shape index (κ1) is 75.8. The quantitative estimate of drug-likeness (QED) is 0.0320. The lowest BCUT2D eigenvalue weighted by molar-refractivity contribution is -0.143. The fraction of sp³-hybridized carbons (Fsp3) is 0.861. The Morgan fingerprint density at radius 2 is 0.641 bits per heavy atom. The Bertz CT molecular complexity index is 1310. The van der Waals surface area contributed by atoms with Gasteiger partial charge in [-0.15, -0.1) is 0 Å². The molecule has 0 aliphatic heterocycles. The van der Waals surface area contributed by atoms with Crippen molar-refractivity contribution in [2.24, 2.45) is 0 Å². The van der Waals surface area contributed by atoms with Gasteiger partial charge < -0.3 is 20.3 Å². The topological polar surface area (TPSA) is 95.9 Å². The van der Waals surface area contributed by atoms with Crippen molar-refractivity contribution in [2.45, 2.75) is 386 Å². The van der Waals surface area contributed by atoms with E-state index in [9.17, 15) is 19.8 Å². The van der Waals surface area contributed by atoms with Crippen molar-refractivity contribution in [3.8, 4) is 0 Å². The molecule has 78 heavy (non-hydrogen) atoms. The summed E-state index contributed by atoms with van der Waals surface area (Å²) in [5.74, 6) is -0.0540. The Kier molecular flexibility index (Phi) is 65.4. The third-order valence-electron chi connectivity index (χ3n) is 16.1. The Morgan fingerprint density at radius 3 is 1.01 bits per heavy atom. The molecular formula is C72H135NO5. The number of allylic oxidation sites excluding steroid dienone is 7. The second-order valence-corrected chi connectivity index (χ2v) is 23.9. The highest BCUT2D eigenvalue weighted by atomic mass is 16.5. The van der Waals surface area contributed by atoms with Crippen molar-refractivity contribution in [3.05, 3.63) is 48.6 Å². The molecule has 0 aromatic heterocycles. The van der Waals surface area contributed by atoms with Crippen LogP contribution < -0.4 is 5.32 Å². The van der Waals surface area contributed by atoms with Gasteiger partial charge in [0.15, 0.2) is 0 Å². The second kappa shape index (κ2) is 67.3. The van der Waals surface area contributed by atoms with Crippen LogP contribution in [0.3, 0.4) is 0 Å². The standard InChI is InChI=1S/C72H135NO5/c1-3-5-7-9-11-13-15-17-18-19-31-35-38-42-46-50-54-58-62-66-72(77)78-67-63-59-55-51-47-43-39-36-33-30-28-26-24-22-20-21-23-25-27-29-32-34-37-41-45-49-53-57-61-65-71(76)73-69(68-74)70(75)64-60-56-52-48-44-40-16-14-12-10-8-6-4-2/h11,13,17-18,20,22,60,64,69-70,74-75H,3-10,12,14-16,19,21,23-59,61-63,65-68H2,1-2H3,(H,73,76)/b13-11-,18-17-,22-20-,64-60+. The van der Waals surface area contributed by atoms with Crippen LogP contribution in [0, 0.1) is 0 Å². The molecule has 0 saturated carbocycles. The molecule has 0 aromatic rings. The zero-order valence-corrected chi connectivity index (χ0v) is 52.4. The average Bonchev–Trinajstić information content (AvgIpc) is 3.44. The Labute approximate surface area is 486 Å². The monoisotopic (exact) mass is 1090 g/mol. The van der Waals surface area contributed by atoms with Gasteiger partial charge in [0.2, 0.25) is 5.91 Å². The summed E-state index contributed by atoms with van der Waals surface area (Å²) < 4.78 is 5.51. The Balaban J connectivity index is 3.37. The van der Waals surface area contributed by atoms with Gasteiger partial charge in [-0.3, -0.25) is 9.59 Å². The zero-order chi connectivity index (χ0) is 56.4. The number of aliphatic hydroxyl groups excluding tert-OH is 2. The predicted octanol–water partition coefficient (Wildman–Crippen LogP) is 22.5. The van der Waals surface area contributed by atoms with E-state index in [4.69, 9.17) is 4.74 Å². The van der Waals surface area contributed by atoms with E-state index in [1.165, 1.54) is 295 Å². The van der Waals surface area contributed by atoms with Gasteiger partial charge in [0.1, 0.15) is 0 Å². The average molecular weight is 1090 g/mol. The summed E-state index contributed by atoms with van der Waals surface area (Å²) in [6.45, 7) is 4.89. The maximum atomic E-state index is 12.5. The molecule has 0 fully saturated rings.